The maximum atomic E-state index is 12.8. The number of hydrogen-bond donors (Lipinski definition) is 3. The highest BCUT2D eigenvalue weighted by Gasteiger charge is 2.49. The number of benzene rings is 1. The summed E-state index contributed by atoms with van der Waals surface area (Å²) in [5.74, 6) is -0.865. The van der Waals surface area contributed by atoms with Crippen LogP contribution < -0.4 is 20.7 Å². The number of carbonyl (C=O) groups is 4. The fraction of sp³-hybridized carbons (Fsp3) is 0.444. The number of rotatable bonds is 7. The van der Waals surface area contributed by atoms with E-state index in [0.717, 1.165) is 4.90 Å². The Kier molecular flexibility index (Phi) is 6.04. The van der Waals surface area contributed by atoms with Gasteiger partial charge in [-0.3, -0.25) is 19.3 Å². The van der Waals surface area contributed by atoms with Gasteiger partial charge in [0, 0.05) is 6.54 Å². The first-order valence-corrected chi connectivity index (χ1v) is 8.58. The first-order valence-electron chi connectivity index (χ1n) is 8.58. The van der Waals surface area contributed by atoms with Crippen molar-refractivity contribution in [2.24, 2.45) is 0 Å². The normalized spacial score (nSPS) is 20.1. The lowest BCUT2D eigenvalue weighted by Crippen LogP contribution is -2.49. The monoisotopic (exact) mass is 376 g/mol. The second-order valence-corrected chi connectivity index (χ2v) is 6.36. The van der Waals surface area contributed by atoms with Gasteiger partial charge in [-0.2, -0.15) is 0 Å². The number of urea groups is 1. The molecule has 27 heavy (non-hydrogen) atoms. The van der Waals surface area contributed by atoms with Crippen molar-refractivity contribution in [2.75, 3.05) is 20.2 Å². The van der Waals surface area contributed by atoms with Crippen LogP contribution >= 0.6 is 0 Å². The molecule has 0 aromatic heterocycles. The van der Waals surface area contributed by atoms with Gasteiger partial charge in [-0.1, -0.05) is 12.1 Å². The van der Waals surface area contributed by atoms with Crippen molar-refractivity contribution >= 4 is 23.8 Å². The van der Waals surface area contributed by atoms with Crippen molar-refractivity contribution in [3.63, 3.8) is 0 Å². The van der Waals surface area contributed by atoms with Gasteiger partial charge in [-0.25, -0.2) is 4.79 Å². The lowest BCUT2D eigenvalue weighted by atomic mass is 9.92. The Hall–Kier alpha value is -3.10. The average molecular weight is 376 g/mol. The molecule has 9 heteroatoms. The zero-order chi connectivity index (χ0) is 20.2. The van der Waals surface area contributed by atoms with Crippen molar-refractivity contribution in [3.05, 3.63) is 29.8 Å². The van der Waals surface area contributed by atoms with Crippen LogP contribution in [0.25, 0.3) is 0 Å². The first-order chi connectivity index (χ1) is 12.7. The summed E-state index contributed by atoms with van der Waals surface area (Å²) in [7, 11) is 1.53. The third-order valence-corrected chi connectivity index (χ3v) is 4.37. The number of carbonyl (C=O) groups excluding carboxylic acids is 4. The number of nitrogens with one attached hydrogen (secondary N) is 3. The van der Waals surface area contributed by atoms with E-state index in [2.05, 4.69) is 16.0 Å². The number of likely N-dealkylation sites (N-methyl/N-ethyl adjacent to an activating group) is 1. The molecule has 2 atom stereocenters. The van der Waals surface area contributed by atoms with E-state index in [1.807, 2.05) is 0 Å². The van der Waals surface area contributed by atoms with Gasteiger partial charge < -0.3 is 20.7 Å². The van der Waals surface area contributed by atoms with Gasteiger partial charge >= 0.3 is 6.03 Å². The lowest BCUT2D eigenvalue weighted by Gasteiger charge is -2.22. The highest BCUT2D eigenvalue weighted by molar-refractivity contribution is 6.09. The van der Waals surface area contributed by atoms with Crippen molar-refractivity contribution in [1.29, 1.82) is 0 Å². The summed E-state index contributed by atoms with van der Waals surface area (Å²) in [4.78, 5) is 49.8. The van der Waals surface area contributed by atoms with Gasteiger partial charge in [-0.05, 0) is 38.5 Å². The van der Waals surface area contributed by atoms with Gasteiger partial charge in [0.2, 0.25) is 11.8 Å². The standard InChI is InChI=1S/C18H24N4O5/c1-5-19-15(24)11(2)20-14(23)10-22-16(25)18(3,21-17(22)26)12-6-8-13(27-4)9-7-12/h6-9,11H,5,10H2,1-4H3,(H,19,24)(H,20,23)(H,21,26)/t11-,18+/m0/s1. The van der Waals surface area contributed by atoms with Gasteiger partial charge in [0.25, 0.3) is 5.91 Å². The molecule has 9 nitrogen and oxygen atoms in total. The molecule has 1 saturated heterocycles. The third-order valence-electron chi connectivity index (χ3n) is 4.37. The minimum Gasteiger partial charge on any atom is -0.497 e. The van der Waals surface area contributed by atoms with Gasteiger partial charge in [0.15, 0.2) is 0 Å². The fourth-order valence-electron chi connectivity index (χ4n) is 2.78. The highest BCUT2D eigenvalue weighted by Crippen LogP contribution is 2.29. The third kappa shape index (κ3) is 4.18. The zero-order valence-corrected chi connectivity index (χ0v) is 15.8. The molecule has 0 radical (unpaired) electrons. The van der Waals surface area contributed by atoms with Crippen LogP contribution in [0.15, 0.2) is 24.3 Å². The molecule has 1 aromatic rings. The van der Waals surface area contributed by atoms with Crippen molar-refractivity contribution in [2.45, 2.75) is 32.4 Å². The van der Waals surface area contributed by atoms with E-state index in [9.17, 15) is 19.2 Å². The fourth-order valence-corrected chi connectivity index (χ4v) is 2.78. The van der Waals surface area contributed by atoms with Crippen LogP contribution in [0.1, 0.15) is 26.3 Å². The van der Waals surface area contributed by atoms with Crippen LogP contribution in [-0.4, -0.2) is 54.9 Å². The predicted octanol–water partition coefficient (Wildman–Crippen LogP) is 0.103. The van der Waals surface area contributed by atoms with Gasteiger partial charge in [-0.15, -0.1) is 0 Å². The lowest BCUT2D eigenvalue weighted by molar-refractivity contribution is -0.135. The number of nitrogens with zero attached hydrogens (tertiary/aromatic N) is 1. The van der Waals surface area contributed by atoms with Crippen LogP contribution in [0.5, 0.6) is 5.75 Å². The maximum absolute atomic E-state index is 12.8. The number of imide groups is 1. The summed E-state index contributed by atoms with van der Waals surface area (Å²) in [6.07, 6.45) is 0. The summed E-state index contributed by atoms with van der Waals surface area (Å²) < 4.78 is 5.09. The predicted molar refractivity (Wildman–Crippen MR) is 96.9 cm³/mol. The number of ether oxygens (including phenoxy) is 1. The highest BCUT2D eigenvalue weighted by atomic mass is 16.5. The maximum Gasteiger partial charge on any atom is 0.325 e. The summed E-state index contributed by atoms with van der Waals surface area (Å²) in [5.41, 5.74) is -0.713. The Morgan fingerprint density at radius 2 is 1.89 bits per heavy atom. The Balaban J connectivity index is 2.08. The summed E-state index contributed by atoms with van der Waals surface area (Å²) in [6.45, 7) is 4.83. The van der Waals surface area contributed by atoms with Crippen LogP contribution in [0.3, 0.4) is 0 Å². The molecule has 5 amide bonds. The van der Waals surface area contributed by atoms with E-state index < -0.39 is 36.0 Å². The molecule has 3 N–H and O–H groups in total. The SMILES string of the molecule is CCNC(=O)[C@H](C)NC(=O)CN1C(=O)N[C@](C)(c2ccc(OC)cc2)C1=O. The van der Waals surface area contributed by atoms with Crippen molar-refractivity contribution in [1.82, 2.24) is 20.9 Å². The molecule has 1 heterocycles. The minimum absolute atomic E-state index is 0.342. The largest absolute Gasteiger partial charge is 0.497 e. The van der Waals surface area contributed by atoms with E-state index in [1.165, 1.54) is 14.0 Å². The van der Waals surface area contributed by atoms with Gasteiger partial charge in [0.05, 0.1) is 7.11 Å². The molecule has 1 aliphatic heterocycles. The molecular weight excluding hydrogens is 352 g/mol. The Labute approximate surface area is 157 Å². The summed E-state index contributed by atoms with van der Waals surface area (Å²) in [6, 6.07) is 5.28. The molecule has 1 fully saturated rings. The second kappa shape index (κ2) is 8.07. The van der Waals surface area contributed by atoms with Crippen LogP contribution in [0.2, 0.25) is 0 Å². The van der Waals surface area contributed by atoms with E-state index >= 15 is 0 Å². The molecule has 0 unspecified atom stereocenters. The first kappa shape index (κ1) is 20.2. The topological polar surface area (TPSA) is 117 Å². The molecular formula is C18H24N4O5. The van der Waals surface area contributed by atoms with Crippen molar-refractivity contribution < 1.29 is 23.9 Å². The molecule has 0 aliphatic carbocycles. The van der Waals surface area contributed by atoms with E-state index in [-0.39, 0.29) is 5.91 Å². The molecule has 146 valence electrons. The van der Waals surface area contributed by atoms with Gasteiger partial charge in [0.1, 0.15) is 23.9 Å². The molecule has 0 spiro atoms. The second-order valence-electron chi connectivity index (χ2n) is 6.36. The number of amides is 5. The number of methoxy groups -OCH3 is 1. The summed E-state index contributed by atoms with van der Waals surface area (Å²) in [5, 5.41) is 7.68. The molecule has 1 aromatic carbocycles. The van der Waals surface area contributed by atoms with E-state index in [4.69, 9.17) is 4.74 Å². The zero-order valence-electron chi connectivity index (χ0n) is 15.8. The van der Waals surface area contributed by atoms with E-state index in [0.29, 0.717) is 17.9 Å². The van der Waals surface area contributed by atoms with Crippen LogP contribution in [0, 0.1) is 0 Å². The smallest absolute Gasteiger partial charge is 0.325 e. The Morgan fingerprint density at radius 1 is 1.26 bits per heavy atom. The van der Waals surface area contributed by atoms with E-state index in [1.54, 1.807) is 38.1 Å². The molecule has 1 aliphatic rings. The van der Waals surface area contributed by atoms with Crippen molar-refractivity contribution in [3.8, 4) is 5.75 Å². The molecule has 0 bridgehead atoms. The average Bonchev–Trinajstić information content (AvgIpc) is 2.86. The number of hydrogen-bond acceptors (Lipinski definition) is 5. The Morgan fingerprint density at radius 3 is 2.44 bits per heavy atom. The quantitative estimate of drug-likeness (QED) is 0.584. The minimum atomic E-state index is -1.28. The van der Waals surface area contributed by atoms with Crippen LogP contribution in [0.4, 0.5) is 4.79 Å². The van der Waals surface area contributed by atoms with Crippen LogP contribution in [-0.2, 0) is 19.9 Å². The molecule has 0 saturated carbocycles. The Bertz CT molecular complexity index is 749. The molecule has 2 rings (SSSR count). The summed E-state index contributed by atoms with van der Waals surface area (Å²) >= 11 is 0.